The van der Waals surface area contributed by atoms with Crippen LogP contribution in [0.25, 0.3) is 0 Å². The van der Waals surface area contributed by atoms with Gasteiger partial charge in [-0.1, -0.05) is 48.9 Å². The zero-order chi connectivity index (χ0) is 39.3. The Balaban J connectivity index is 1.50. The summed E-state index contributed by atoms with van der Waals surface area (Å²) in [4.78, 5) is 45.4. The van der Waals surface area contributed by atoms with E-state index >= 15 is 0 Å². The Morgan fingerprint density at radius 1 is 0.981 bits per heavy atom. The van der Waals surface area contributed by atoms with Crippen LogP contribution in [0, 0.1) is 11.3 Å². The summed E-state index contributed by atoms with van der Waals surface area (Å²) in [5, 5.41) is 19.4. The second-order valence-electron chi connectivity index (χ2n) is 13.7. The molecule has 16 heteroatoms. The average Bonchev–Trinajstić information content (AvgIpc) is 3.63. The number of carboxylic acid groups (broad SMARTS) is 1. The number of rotatable bonds is 12. The van der Waals surface area contributed by atoms with Crippen molar-refractivity contribution < 1.29 is 50.6 Å². The third-order valence-corrected chi connectivity index (χ3v) is 11.3. The molecule has 2 amide bonds. The number of nitriles is 1. The molecule has 2 saturated heterocycles. The molecule has 54 heavy (non-hydrogen) atoms. The molecule has 9 nitrogen and oxygen atoms in total. The lowest BCUT2D eigenvalue weighted by molar-refractivity contribution is -0.160. The average molecular weight is 779 g/mol. The van der Waals surface area contributed by atoms with Crippen molar-refractivity contribution in [3.05, 3.63) is 82.0 Å². The number of aliphatic carboxylic acids is 1. The fourth-order valence-corrected chi connectivity index (χ4v) is 8.44. The Morgan fingerprint density at radius 2 is 1.70 bits per heavy atom. The van der Waals surface area contributed by atoms with Gasteiger partial charge in [0.15, 0.2) is 5.06 Å². The number of pyridine rings is 1. The minimum absolute atomic E-state index is 0.0167. The predicted octanol–water partition coefficient (Wildman–Crippen LogP) is 8.28. The second kappa shape index (κ2) is 16.4. The monoisotopic (exact) mass is 778 g/mol. The van der Waals surface area contributed by atoms with Crippen LogP contribution >= 0.6 is 11.3 Å². The fraction of sp³-hybridized carbons (Fsp3) is 0.500. The smallest absolute Gasteiger partial charge is 0.425 e. The van der Waals surface area contributed by atoms with E-state index in [0.717, 1.165) is 46.5 Å². The maximum absolute atomic E-state index is 15.0. The molecule has 1 N–H and O–H groups in total. The van der Waals surface area contributed by atoms with Crippen molar-refractivity contribution in [3.63, 3.8) is 0 Å². The van der Waals surface area contributed by atoms with Crippen LogP contribution in [0.2, 0.25) is 0 Å². The lowest BCUT2D eigenvalue weighted by Gasteiger charge is -2.50. The van der Waals surface area contributed by atoms with Crippen LogP contribution in [0.4, 0.5) is 26.3 Å². The summed E-state index contributed by atoms with van der Waals surface area (Å²) in [5.41, 5.74) is -3.43. The Hall–Kier alpha value is -4.65. The largest absolute Gasteiger partial charge is 0.481 e. The summed E-state index contributed by atoms with van der Waals surface area (Å²) in [6, 6.07) is 12.4. The van der Waals surface area contributed by atoms with E-state index in [4.69, 9.17) is 9.84 Å². The van der Waals surface area contributed by atoms with Crippen molar-refractivity contribution in [2.45, 2.75) is 101 Å². The molecule has 2 atom stereocenters. The topological polar surface area (TPSA) is 124 Å². The highest BCUT2D eigenvalue weighted by atomic mass is 32.1. The number of hydrogen-bond acceptors (Lipinski definition) is 7. The molecule has 2 aromatic heterocycles. The van der Waals surface area contributed by atoms with Gasteiger partial charge in [-0.15, -0.1) is 0 Å². The second-order valence-corrected chi connectivity index (χ2v) is 14.7. The van der Waals surface area contributed by atoms with Gasteiger partial charge in [0.25, 0.3) is 11.8 Å². The highest BCUT2D eigenvalue weighted by Gasteiger charge is 2.57. The number of carboxylic acids is 1. The number of likely N-dealkylation sites (tertiary alicyclic amines) is 2. The van der Waals surface area contributed by atoms with E-state index < -0.39 is 63.3 Å². The lowest BCUT2D eigenvalue weighted by Crippen LogP contribution is -2.68. The van der Waals surface area contributed by atoms with Crippen molar-refractivity contribution in [2.75, 3.05) is 19.6 Å². The van der Waals surface area contributed by atoms with Gasteiger partial charge < -0.3 is 19.6 Å². The summed E-state index contributed by atoms with van der Waals surface area (Å²) in [7, 11) is 0. The normalized spacial score (nSPS) is 20.3. The molecule has 0 radical (unpaired) electrons. The molecule has 0 unspecified atom stereocenters. The predicted molar refractivity (Wildman–Crippen MR) is 186 cm³/mol. The number of carbonyl (C=O) groups is 3. The van der Waals surface area contributed by atoms with Gasteiger partial charge in [-0.05, 0) is 80.3 Å². The highest BCUT2D eigenvalue weighted by Crippen LogP contribution is 2.45. The van der Waals surface area contributed by atoms with Crippen molar-refractivity contribution in [3.8, 4) is 11.1 Å². The maximum atomic E-state index is 15.0. The van der Waals surface area contributed by atoms with Gasteiger partial charge in [0.05, 0.1) is 23.1 Å². The van der Waals surface area contributed by atoms with Gasteiger partial charge in [0.2, 0.25) is 5.60 Å². The molecule has 0 aliphatic carbocycles. The van der Waals surface area contributed by atoms with Crippen LogP contribution in [0.5, 0.6) is 5.06 Å². The van der Waals surface area contributed by atoms with Crippen molar-refractivity contribution in [1.82, 2.24) is 14.8 Å². The molecule has 2 aliphatic rings. The number of ether oxygens (including phenoxy) is 1. The molecule has 1 aromatic carbocycles. The molecule has 0 bridgehead atoms. The summed E-state index contributed by atoms with van der Waals surface area (Å²) in [5.74, 6) is -2.61. The van der Waals surface area contributed by atoms with E-state index in [2.05, 4.69) is 11.1 Å². The molecule has 0 spiro atoms. The molecule has 0 saturated carbocycles. The van der Waals surface area contributed by atoms with E-state index in [1.807, 2.05) is 18.2 Å². The number of piperidine rings is 2. The number of aromatic nitrogens is 1. The van der Waals surface area contributed by atoms with Crippen LogP contribution in [0.1, 0.15) is 96.8 Å². The maximum Gasteiger partial charge on any atom is 0.425 e. The van der Waals surface area contributed by atoms with Crippen LogP contribution in [-0.4, -0.2) is 69.0 Å². The quantitative estimate of drug-likeness (QED) is 0.145. The van der Waals surface area contributed by atoms with E-state index in [9.17, 15) is 46.0 Å². The molecular formula is C38H40F6N4O5S. The zero-order valence-corrected chi connectivity index (χ0v) is 30.3. The number of carbonyl (C=O) groups excluding carboxylic acids is 2. The number of thiophene rings is 1. The summed E-state index contributed by atoms with van der Waals surface area (Å²) in [6.45, 7) is 1.81. The number of nitrogens with zero attached hydrogens (tertiary/aromatic N) is 4. The van der Waals surface area contributed by atoms with Gasteiger partial charge in [-0.2, -0.15) is 31.6 Å². The van der Waals surface area contributed by atoms with Crippen LogP contribution in [0.3, 0.4) is 0 Å². The number of unbranched alkanes of at least 4 members (excludes halogenated alkanes) is 1. The molecule has 4 heterocycles. The third-order valence-electron chi connectivity index (χ3n) is 10.2. The van der Waals surface area contributed by atoms with E-state index in [0.29, 0.717) is 25.7 Å². The van der Waals surface area contributed by atoms with Crippen LogP contribution in [-0.2, 0) is 33.8 Å². The van der Waals surface area contributed by atoms with Crippen molar-refractivity contribution in [1.29, 1.82) is 5.26 Å². The number of amides is 2. The number of benzene rings is 1. The fourth-order valence-electron chi connectivity index (χ4n) is 7.65. The zero-order valence-electron chi connectivity index (χ0n) is 29.5. The first-order chi connectivity index (χ1) is 25.6. The highest BCUT2D eigenvalue weighted by molar-refractivity contribution is 7.13. The number of aryl methyl sites for hydroxylation is 1. The van der Waals surface area contributed by atoms with Crippen molar-refractivity contribution in [2.24, 2.45) is 0 Å². The van der Waals surface area contributed by atoms with Gasteiger partial charge in [-0.25, -0.2) is 0 Å². The van der Waals surface area contributed by atoms with Gasteiger partial charge >= 0.3 is 18.3 Å². The van der Waals surface area contributed by atoms with Crippen molar-refractivity contribution >= 4 is 29.1 Å². The SMILES string of the molecule is CCC[C@H]1N(C(=O)c2ncccc2C(F)(F)F)CCC[C@@]1(Oc1ccc(C(F)(F)F)s1)C(=O)N1CCC(C#N)(c2ccccc2CCCCC(=O)O)CC1. The minimum atomic E-state index is -4.91. The van der Waals surface area contributed by atoms with E-state index in [1.165, 1.54) is 4.90 Å². The molecule has 5 rings (SSSR count). The number of hydrogen-bond donors (Lipinski definition) is 1. The minimum Gasteiger partial charge on any atom is -0.481 e. The standard InChI is InChI=1S/C38H40F6N4O5S/c1-2-9-28-36(53-31-16-15-29(54-31)38(42,43)44,17-8-21-48(28)33(51)32-27(37(39,40)41)13-7-20-46-32)34(52)47-22-18-35(24-45,19-23-47)26-12-5-3-10-25(26)11-4-6-14-30(49)50/h3,5,7,10,12-13,15-16,20,28H,2,4,6,8-9,11,14,17-19,21-23H2,1H3,(H,49,50)/t28-,36+/m1/s1. The van der Waals surface area contributed by atoms with Gasteiger partial charge in [0, 0.05) is 38.7 Å². The third kappa shape index (κ3) is 8.51. The summed E-state index contributed by atoms with van der Waals surface area (Å²) in [6.07, 6.45) is -6.08. The summed E-state index contributed by atoms with van der Waals surface area (Å²) < 4.78 is 89.5. The molecule has 2 aliphatic heterocycles. The Bertz CT molecular complexity index is 1870. The first kappa shape index (κ1) is 40.5. The van der Waals surface area contributed by atoms with Crippen LogP contribution in [0.15, 0.2) is 54.7 Å². The molecular weight excluding hydrogens is 738 g/mol. The molecule has 290 valence electrons. The first-order valence-electron chi connectivity index (χ1n) is 17.8. The first-order valence-corrected chi connectivity index (χ1v) is 18.6. The van der Waals surface area contributed by atoms with Crippen LogP contribution < -0.4 is 4.74 Å². The van der Waals surface area contributed by atoms with Gasteiger partial charge in [-0.3, -0.25) is 19.4 Å². The lowest BCUT2D eigenvalue weighted by atomic mass is 9.71. The Morgan fingerprint density at radius 3 is 2.33 bits per heavy atom. The number of alkyl halides is 6. The number of halogens is 6. The summed E-state index contributed by atoms with van der Waals surface area (Å²) >= 11 is 0.282. The van der Waals surface area contributed by atoms with Gasteiger partial charge in [0.1, 0.15) is 10.6 Å². The Kier molecular flexibility index (Phi) is 12.3. The van der Waals surface area contributed by atoms with E-state index in [-0.39, 0.29) is 74.6 Å². The molecule has 2 fully saturated rings. The Labute approximate surface area is 312 Å². The van der Waals surface area contributed by atoms with E-state index in [1.54, 1.807) is 13.0 Å². The molecule has 3 aromatic rings.